The third kappa shape index (κ3) is 5.70. The Morgan fingerprint density at radius 3 is 2.76 bits per heavy atom. The number of oxime groups is 1. The van der Waals surface area contributed by atoms with Crippen LogP contribution in [-0.2, 0) is 19.2 Å². The highest BCUT2D eigenvalue weighted by Crippen LogP contribution is 2.41. The Hall–Kier alpha value is -3.64. The van der Waals surface area contributed by atoms with Gasteiger partial charge in [0.15, 0.2) is 10.8 Å². The zero-order chi connectivity index (χ0) is 26.7. The summed E-state index contributed by atoms with van der Waals surface area (Å²) in [4.78, 5) is 55.7. The molecule has 0 aromatic carbocycles. The fraction of sp³-hybridized carbons (Fsp3) is 0.316. The first-order chi connectivity index (χ1) is 17.7. The lowest BCUT2D eigenvalue weighted by Crippen LogP contribution is -2.71. The predicted octanol–water partition coefficient (Wildman–Crippen LogP) is -0.0992. The van der Waals surface area contributed by atoms with E-state index in [1.165, 1.54) is 35.0 Å². The van der Waals surface area contributed by atoms with Gasteiger partial charge in [-0.25, -0.2) is 19.2 Å². The average molecular weight is 570 g/mol. The van der Waals surface area contributed by atoms with Crippen molar-refractivity contribution in [3.8, 4) is 0 Å². The molecule has 2 aliphatic rings. The number of alkyl halides is 1. The Kier molecular flexibility index (Phi) is 7.98. The van der Waals surface area contributed by atoms with Crippen molar-refractivity contribution in [1.29, 1.82) is 0 Å². The molecule has 2 aromatic rings. The number of nitrogens with one attached hydrogen (secondary N) is 1. The maximum atomic E-state index is 13.0. The molecular weight excluding hydrogens is 549 g/mol. The molecule has 0 spiro atoms. The number of halogens is 1. The lowest BCUT2D eigenvalue weighted by Gasteiger charge is -2.49. The summed E-state index contributed by atoms with van der Waals surface area (Å²) < 4.78 is 12.4. The van der Waals surface area contributed by atoms with E-state index in [1.807, 2.05) is 0 Å². The number of thiazole rings is 1. The van der Waals surface area contributed by atoms with Gasteiger partial charge in [-0.05, 0) is 5.57 Å². The van der Waals surface area contributed by atoms with E-state index in [9.17, 15) is 23.9 Å². The molecule has 4 rings (SSSR count). The van der Waals surface area contributed by atoms with Crippen LogP contribution >= 0.6 is 34.9 Å². The summed E-state index contributed by atoms with van der Waals surface area (Å²) in [6, 6.07) is 0.484. The third-order valence-corrected chi connectivity index (χ3v) is 7.99. The van der Waals surface area contributed by atoms with Crippen molar-refractivity contribution in [1.82, 2.24) is 25.2 Å². The first kappa shape index (κ1) is 26.4. The maximum absolute atomic E-state index is 13.0. The fourth-order valence-electron chi connectivity index (χ4n) is 3.45. The zero-order valence-corrected chi connectivity index (χ0v) is 21.2. The lowest BCUT2D eigenvalue weighted by atomic mass is 10.0. The smallest absolute Gasteiger partial charge is 0.352 e. The number of aromatic nitrogens is 3. The molecule has 0 bridgehead atoms. The number of nitrogen functional groups attached to an aromatic ring is 3. The molecule has 37 heavy (non-hydrogen) atoms. The van der Waals surface area contributed by atoms with Crippen LogP contribution in [0.15, 0.2) is 32.9 Å². The number of amides is 2. The summed E-state index contributed by atoms with van der Waals surface area (Å²) in [6.45, 7) is -1.21. The third-order valence-electron chi connectivity index (χ3n) is 4.97. The number of anilines is 3. The van der Waals surface area contributed by atoms with Crippen molar-refractivity contribution in [2.24, 2.45) is 5.16 Å². The number of thioether (sulfide) groups is 2. The van der Waals surface area contributed by atoms with Gasteiger partial charge < -0.3 is 32.5 Å². The van der Waals surface area contributed by atoms with E-state index in [0.717, 1.165) is 16.2 Å². The van der Waals surface area contributed by atoms with Crippen LogP contribution < -0.4 is 22.5 Å². The summed E-state index contributed by atoms with van der Waals surface area (Å²) in [5.74, 6) is -2.02. The first-order valence-electron chi connectivity index (χ1n) is 10.4. The minimum Gasteiger partial charge on any atom is -0.477 e. The molecule has 18 heteroatoms. The average Bonchev–Trinajstić information content (AvgIpc) is 3.28. The van der Waals surface area contributed by atoms with E-state index in [1.54, 1.807) is 0 Å². The van der Waals surface area contributed by atoms with Gasteiger partial charge in [-0.1, -0.05) is 5.16 Å². The van der Waals surface area contributed by atoms with E-state index in [2.05, 4.69) is 25.4 Å². The van der Waals surface area contributed by atoms with Crippen LogP contribution in [0.25, 0.3) is 0 Å². The number of carboxylic acids is 1. The van der Waals surface area contributed by atoms with E-state index >= 15 is 0 Å². The fourth-order valence-corrected chi connectivity index (χ4v) is 6.39. The van der Waals surface area contributed by atoms with Crippen LogP contribution in [0.4, 0.5) is 21.3 Å². The Bertz CT molecular complexity index is 1280. The number of nitrogens with zero attached hydrogens (tertiary/aromatic N) is 5. The maximum Gasteiger partial charge on any atom is 0.352 e. The molecule has 2 aliphatic heterocycles. The second-order valence-corrected chi connectivity index (χ2v) is 10.4. The molecule has 2 unspecified atom stereocenters. The van der Waals surface area contributed by atoms with Crippen molar-refractivity contribution in [2.75, 3.05) is 42.0 Å². The van der Waals surface area contributed by atoms with Crippen LogP contribution in [0, 0.1) is 0 Å². The van der Waals surface area contributed by atoms with Gasteiger partial charge in [0.05, 0.1) is 0 Å². The standard InChI is InChI=1S/C19H20FN9O5S3/c20-1-2-34-28-11(8-6-37-19(23)24-8)14(30)27-12-15(31)29-13(17(32)33)7(5-36-16(12)29)4-35-10-3-9(21)25-18(22)26-10/h3,6,12,16H,1-2,4-5H2,(H2,23,24)(H,27,30)(H,32,33)(H4,21,22,25,26)/b28-11-. The number of nitrogens with two attached hydrogens (primary N) is 3. The second-order valence-electron chi connectivity index (χ2n) is 7.43. The molecule has 0 radical (unpaired) electrons. The van der Waals surface area contributed by atoms with E-state index in [-0.39, 0.29) is 52.1 Å². The highest BCUT2D eigenvalue weighted by Gasteiger charge is 2.54. The van der Waals surface area contributed by atoms with Gasteiger partial charge in [-0.3, -0.25) is 14.5 Å². The van der Waals surface area contributed by atoms with Crippen molar-refractivity contribution in [2.45, 2.75) is 16.4 Å². The van der Waals surface area contributed by atoms with Crippen molar-refractivity contribution < 1.29 is 28.7 Å². The largest absolute Gasteiger partial charge is 0.477 e. The van der Waals surface area contributed by atoms with Crippen molar-refractivity contribution in [3.63, 3.8) is 0 Å². The van der Waals surface area contributed by atoms with Crippen LogP contribution in [-0.4, -0.2) is 84.7 Å². The van der Waals surface area contributed by atoms with Gasteiger partial charge in [0.2, 0.25) is 5.95 Å². The Morgan fingerprint density at radius 1 is 1.32 bits per heavy atom. The highest BCUT2D eigenvalue weighted by atomic mass is 32.2. The molecule has 2 atom stereocenters. The molecule has 1 fully saturated rings. The number of hydrogen-bond donors (Lipinski definition) is 5. The molecule has 2 amide bonds. The van der Waals surface area contributed by atoms with E-state index in [4.69, 9.17) is 22.0 Å². The summed E-state index contributed by atoms with van der Waals surface area (Å²) in [5.41, 5.74) is 17.0. The van der Waals surface area contributed by atoms with Gasteiger partial charge in [0.25, 0.3) is 11.8 Å². The van der Waals surface area contributed by atoms with Crippen LogP contribution in [0.2, 0.25) is 0 Å². The number of fused-ring (bicyclic) bond motifs is 1. The van der Waals surface area contributed by atoms with Gasteiger partial charge >= 0.3 is 5.97 Å². The number of rotatable bonds is 10. The molecule has 2 aromatic heterocycles. The topological polar surface area (TPSA) is 225 Å². The number of carboxylic acid groups (broad SMARTS) is 1. The summed E-state index contributed by atoms with van der Waals surface area (Å²) in [5, 5.41) is 17.5. The van der Waals surface area contributed by atoms with Gasteiger partial charge in [-0.2, -0.15) is 4.98 Å². The summed E-state index contributed by atoms with van der Waals surface area (Å²) in [6.07, 6.45) is 0. The summed E-state index contributed by atoms with van der Waals surface area (Å²) >= 11 is 3.55. The molecule has 14 nitrogen and oxygen atoms in total. The molecular formula is C19H20FN9O5S3. The number of hydrogen-bond acceptors (Lipinski definition) is 14. The normalized spacial score (nSPS) is 19.3. The second kappa shape index (κ2) is 11.2. The number of carbonyl (C=O) groups is 3. The van der Waals surface area contributed by atoms with Crippen LogP contribution in [0.5, 0.6) is 0 Å². The van der Waals surface area contributed by atoms with Gasteiger partial charge in [0.1, 0.15) is 46.9 Å². The van der Waals surface area contributed by atoms with Gasteiger partial charge in [-0.15, -0.1) is 34.9 Å². The lowest BCUT2D eigenvalue weighted by molar-refractivity contribution is -0.150. The van der Waals surface area contributed by atoms with Crippen LogP contribution in [0.3, 0.4) is 0 Å². The van der Waals surface area contributed by atoms with Crippen LogP contribution in [0.1, 0.15) is 5.69 Å². The summed E-state index contributed by atoms with van der Waals surface area (Å²) in [7, 11) is 0. The molecule has 4 heterocycles. The quantitative estimate of drug-likeness (QED) is 0.0630. The first-order valence-corrected chi connectivity index (χ1v) is 13.3. The van der Waals surface area contributed by atoms with Crippen molar-refractivity contribution >= 4 is 75.3 Å². The van der Waals surface area contributed by atoms with Gasteiger partial charge in [0, 0.05) is 23.0 Å². The number of β-lactam (4-membered cyclic amide) rings is 1. The molecule has 196 valence electrons. The molecule has 0 saturated carbocycles. The Balaban J connectivity index is 1.49. The van der Waals surface area contributed by atoms with E-state index < -0.39 is 35.9 Å². The van der Waals surface area contributed by atoms with Crippen molar-refractivity contribution in [3.05, 3.63) is 28.4 Å². The highest BCUT2D eigenvalue weighted by molar-refractivity contribution is 8.01. The minimum atomic E-state index is -1.28. The predicted molar refractivity (Wildman–Crippen MR) is 136 cm³/mol. The Morgan fingerprint density at radius 2 is 2.11 bits per heavy atom. The Labute approximate surface area is 220 Å². The SMILES string of the molecule is Nc1cc(SCC2=C(C(=O)O)N3C(=O)C(NC(=O)/C(=N\OCCF)c4csc(N)n4)C3SC2)nc(N)n1. The molecule has 1 saturated heterocycles. The minimum absolute atomic E-state index is 0.0112. The number of aliphatic carboxylic acids is 1. The molecule has 0 aliphatic carbocycles. The molecule has 8 N–H and O–H groups in total. The zero-order valence-electron chi connectivity index (χ0n) is 18.8. The van der Waals surface area contributed by atoms with E-state index in [0.29, 0.717) is 10.6 Å². The number of carbonyl (C=O) groups excluding carboxylic acids is 2. The monoisotopic (exact) mass is 569 g/mol.